The van der Waals surface area contributed by atoms with Crippen LogP contribution in [0, 0.1) is 0 Å². The molecule has 0 bridgehead atoms. The molecule has 27 heavy (non-hydrogen) atoms. The second-order valence-electron chi connectivity index (χ2n) is 5.81. The molecule has 1 fully saturated rings. The number of methoxy groups -OCH3 is 1. The monoisotopic (exact) mass is 412 g/mol. The molecule has 1 unspecified atom stereocenters. The van der Waals surface area contributed by atoms with Crippen molar-refractivity contribution in [2.75, 3.05) is 18.7 Å². The summed E-state index contributed by atoms with van der Waals surface area (Å²) in [5.41, 5.74) is 0.543. The fourth-order valence-electron chi connectivity index (χ4n) is 2.74. The number of ether oxygens (including phenoxy) is 2. The summed E-state index contributed by atoms with van der Waals surface area (Å²) in [6.07, 6.45) is 0. The number of aliphatic hydroxyl groups excluding tert-OH is 1. The molecular formula is C17H17ClN2O6S. The van der Waals surface area contributed by atoms with E-state index in [0.29, 0.717) is 5.75 Å². The van der Waals surface area contributed by atoms with Crippen LogP contribution < -0.4 is 10.1 Å². The molecule has 0 radical (unpaired) electrons. The lowest BCUT2D eigenvalue weighted by Crippen LogP contribution is -2.70. The van der Waals surface area contributed by atoms with Crippen LogP contribution in [0.5, 0.6) is 5.75 Å². The number of aliphatic hydroxyl groups is 1. The Balaban J connectivity index is 1.66. The van der Waals surface area contributed by atoms with Gasteiger partial charge in [-0.15, -0.1) is 23.4 Å². The summed E-state index contributed by atoms with van der Waals surface area (Å²) >= 11 is 6.69. The van der Waals surface area contributed by atoms with Crippen molar-refractivity contribution in [3.05, 3.63) is 41.3 Å². The standard InChI is InChI=1S/C17H17ClN2O6S/c1-25-10-4-2-9(3-5-10)7-26-17(24)14-11(21)8-27-16-13(15(23)20(14)16)19-12(22)6-18/h2-5,13,16,21H,6-8H2,1H3,(H,19,22)/t13?,16-/m1/s1. The number of rotatable bonds is 6. The molecule has 2 N–H and O–H groups in total. The Bertz CT molecular complexity index is 797. The fraction of sp³-hybridized carbons (Fsp3) is 0.353. The predicted octanol–water partition coefficient (Wildman–Crippen LogP) is 1.15. The SMILES string of the molecule is COc1ccc(COC(=O)C2=C(O)CS[C@@H]3C(NC(=O)CCl)C(=O)N23)cc1. The van der Waals surface area contributed by atoms with Gasteiger partial charge in [-0.05, 0) is 17.7 Å². The van der Waals surface area contributed by atoms with E-state index >= 15 is 0 Å². The molecule has 0 aliphatic carbocycles. The van der Waals surface area contributed by atoms with Gasteiger partial charge < -0.3 is 19.9 Å². The average Bonchev–Trinajstić information content (AvgIpc) is 2.70. The van der Waals surface area contributed by atoms with Gasteiger partial charge in [0.2, 0.25) is 5.91 Å². The number of benzene rings is 1. The highest BCUT2D eigenvalue weighted by Crippen LogP contribution is 2.40. The van der Waals surface area contributed by atoms with E-state index in [4.69, 9.17) is 21.1 Å². The summed E-state index contributed by atoms with van der Waals surface area (Å²) in [4.78, 5) is 37.4. The number of β-lactam (4-membered cyclic amide) rings is 1. The molecule has 2 heterocycles. The van der Waals surface area contributed by atoms with Crippen molar-refractivity contribution >= 4 is 41.1 Å². The van der Waals surface area contributed by atoms with Crippen molar-refractivity contribution in [1.82, 2.24) is 10.2 Å². The minimum Gasteiger partial charge on any atom is -0.509 e. The van der Waals surface area contributed by atoms with Gasteiger partial charge in [0.05, 0.1) is 12.9 Å². The first-order chi connectivity index (χ1) is 13.0. The number of hydrogen-bond acceptors (Lipinski definition) is 7. The Hall–Kier alpha value is -2.39. The number of thioether (sulfide) groups is 1. The van der Waals surface area contributed by atoms with Crippen LogP contribution in [0.1, 0.15) is 5.56 Å². The molecule has 3 rings (SSSR count). The van der Waals surface area contributed by atoms with Gasteiger partial charge in [0.25, 0.3) is 5.91 Å². The van der Waals surface area contributed by atoms with Crippen molar-refractivity contribution in [3.63, 3.8) is 0 Å². The molecule has 10 heteroatoms. The smallest absolute Gasteiger partial charge is 0.358 e. The van der Waals surface area contributed by atoms with Crippen LogP contribution in [0.4, 0.5) is 0 Å². The Kier molecular flexibility index (Phi) is 5.81. The third kappa shape index (κ3) is 3.84. The normalized spacial score (nSPS) is 21.3. The van der Waals surface area contributed by atoms with E-state index in [1.54, 1.807) is 31.4 Å². The van der Waals surface area contributed by atoms with E-state index in [1.165, 1.54) is 11.8 Å². The van der Waals surface area contributed by atoms with Gasteiger partial charge in [-0.2, -0.15) is 0 Å². The maximum absolute atomic E-state index is 12.4. The topological polar surface area (TPSA) is 105 Å². The molecule has 144 valence electrons. The largest absolute Gasteiger partial charge is 0.509 e. The Morgan fingerprint density at radius 1 is 1.37 bits per heavy atom. The van der Waals surface area contributed by atoms with Crippen LogP contribution in [0.3, 0.4) is 0 Å². The number of nitrogens with zero attached hydrogens (tertiary/aromatic N) is 1. The van der Waals surface area contributed by atoms with Crippen LogP contribution in [0.2, 0.25) is 0 Å². The minimum atomic E-state index is -0.802. The van der Waals surface area contributed by atoms with Crippen molar-refractivity contribution in [2.45, 2.75) is 18.0 Å². The third-order valence-electron chi connectivity index (χ3n) is 4.11. The first-order valence-electron chi connectivity index (χ1n) is 7.98. The van der Waals surface area contributed by atoms with Crippen molar-refractivity contribution in [2.24, 2.45) is 0 Å². The third-order valence-corrected chi connectivity index (χ3v) is 5.62. The lowest BCUT2D eigenvalue weighted by atomic mass is 10.0. The maximum atomic E-state index is 12.4. The molecule has 2 amide bonds. The van der Waals surface area contributed by atoms with Crippen LogP contribution in [0.25, 0.3) is 0 Å². The number of carbonyl (C=O) groups excluding carboxylic acids is 3. The molecule has 2 aliphatic heterocycles. The molecule has 2 aliphatic rings. The summed E-state index contributed by atoms with van der Waals surface area (Å²) in [6, 6.07) is 6.17. The highest BCUT2D eigenvalue weighted by atomic mass is 35.5. The summed E-state index contributed by atoms with van der Waals surface area (Å²) in [7, 11) is 1.55. The number of alkyl halides is 1. The van der Waals surface area contributed by atoms with Gasteiger partial charge in [-0.3, -0.25) is 14.5 Å². The lowest BCUT2D eigenvalue weighted by Gasteiger charge is -2.48. The summed E-state index contributed by atoms with van der Waals surface area (Å²) in [5.74, 6) is -1.45. The summed E-state index contributed by atoms with van der Waals surface area (Å²) in [6.45, 7) is -0.0220. The van der Waals surface area contributed by atoms with Crippen molar-refractivity contribution < 1.29 is 29.0 Å². The van der Waals surface area contributed by atoms with E-state index in [0.717, 1.165) is 10.5 Å². The molecular weight excluding hydrogens is 396 g/mol. The van der Waals surface area contributed by atoms with E-state index in [2.05, 4.69) is 5.32 Å². The zero-order chi connectivity index (χ0) is 19.6. The second-order valence-corrected chi connectivity index (χ2v) is 7.18. The molecule has 1 saturated heterocycles. The number of nitrogens with one attached hydrogen (secondary N) is 1. The van der Waals surface area contributed by atoms with Crippen molar-refractivity contribution in [1.29, 1.82) is 0 Å². The maximum Gasteiger partial charge on any atom is 0.358 e. The number of carbonyl (C=O) groups is 3. The first kappa shape index (κ1) is 19.4. The Labute approximate surface area is 164 Å². The first-order valence-corrected chi connectivity index (χ1v) is 9.56. The molecule has 0 aromatic heterocycles. The van der Waals surface area contributed by atoms with Gasteiger partial charge in [-0.25, -0.2) is 4.79 Å². The molecule has 0 saturated carbocycles. The van der Waals surface area contributed by atoms with E-state index in [9.17, 15) is 19.5 Å². The molecule has 1 aromatic rings. The number of esters is 1. The highest BCUT2D eigenvalue weighted by Gasteiger charge is 2.54. The van der Waals surface area contributed by atoms with Crippen LogP contribution >= 0.6 is 23.4 Å². The Morgan fingerprint density at radius 2 is 2.07 bits per heavy atom. The lowest BCUT2D eigenvalue weighted by molar-refractivity contribution is -0.153. The molecule has 2 atom stereocenters. The quantitative estimate of drug-likeness (QED) is 0.410. The van der Waals surface area contributed by atoms with Gasteiger partial charge in [0, 0.05) is 0 Å². The predicted molar refractivity (Wildman–Crippen MR) is 98.2 cm³/mol. The van der Waals surface area contributed by atoms with Crippen LogP contribution in [0.15, 0.2) is 35.7 Å². The molecule has 0 spiro atoms. The Morgan fingerprint density at radius 3 is 2.70 bits per heavy atom. The minimum absolute atomic E-state index is 0.0220. The number of hydrogen-bond donors (Lipinski definition) is 2. The summed E-state index contributed by atoms with van der Waals surface area (Å²) < 4.78 is 10.3. The number of fused-ring (bicyclic) bond motifs is 1. The summed E-state index contributed by atoms with van der Waals surface area (Å²) in [5, 5.41) is 12.1. The molecule has 8 nitrogen and oxygen atoms in total. The van der Waals surface area contributed by atoms with E-state index in [-0.39, 0.29) is 29.7 Å². The van der Waals surface area contributed by atoms with Gasteiger partial charge in [0.1, 0.15) is 35.4 Å². The van der Waals surface area contributed by atoms with E-state index < -0.39 is 29.2 Å². The zero-order valence-electron chi connectivity index (χ0n) is 14.3. The number of amides is 2. The van der Waals surface area contributed by atoms with Crippen molar-refractivity contribution in [3.8, 4) is 5.75 Å². The zero-order valence-corrected chi connectivity index (χ0v) is 15.9. The average molecular weight is 413 g/mol. The van der Waals surface area contributed by atoms with E-state index in [1.807, 2.05) is 0 Å². The van der Waals surface area contributed by atoms with Gasteiger partial charge in [-0.1, -0.05) is 12.1 Å². The van der Waals surface area contributed by atoms with Crippen LogP contribution in [-0.4, -0.2) is 57.9 Å². The molecule has 1 aromatic carbocycles. The van der Waals surface area contributed by atoms with Crippen LogP contribution in [-0.2, 0) is 25.7 Å². The fourth-order valence-corrected chi connectivity index (χ4v) is 4.02. The van der Waals surface area contributed by atoms with Gasteiger partial charge in [0.15, 0.2) is 5.70 Å². The van der Waals surface area contributed by atoms with Gasteiger partial charge >= 0.3 is 5.97 Å². The second kappa shape index (κ2) is 8.10. The number of halogens is 1. The highest BCUT2D eigenvalue weighted by molar-refractivity contribution is 8.00.